The van der Waals surface area contributed by atoms with Crippen LogP contribution in [0.15, 0.2) is 0 Å². The van der Waals surface area contributed by atoms with E-state index in [2.05, 4.69) is 0 Å². The lowest BCUT2D eigenvalue weighted by molar-refractivity contribution is 0.129. The van der Waals surface area contributed by atoms with E-state index in [1.165, 1.54) is 11.2 Å². The fourth-order valence-electron chi connectivity index (χ4n) is 2.69. The summed E-state index contributed by atoms with van der Waals surface area (Å²) < 4.78 is 25.2. The molecule has 16 heavy (non-hydrogen) atoms. The van der Waals surface area contributed by atoms with Crippen LogP contribution in [-0.2, 0) is 10.0 Å². The van der Waals surface area contributed by atoms with Crippen LogP contribution in [0.2, 0.25) is 0 Å². The second kappa shape index (κ2) is 3.99. The average molecular weight is 244 g/mol. The van der Waals surface area contributed by atoms with E-state index < -0.39 is 15.3 Å². The molecular weight excluding hydrogens is 228 g/mol. The molecule has 2 rings (SSSR count). The van der Waals surface area contributed by atoms with Gasteiger partial charge in [-0.25, -0.2) is 12.7 Å². The molecule has 90 valence electrons. The SMILES string of the molecule is CC(C#N)S(=O)(=O)N1CC2CCC(O)C2C1. The van der Waals surface area contributed by atoms with Gasteiger partial charge in [0.05, 0.1) is 12.2 Å². The van der Waals surface area contributed by atoms with Crippen molar-refractivity contribution in [1.82, 2.24) is 4.31 Å². The summed E-state index contributed by atoms with van der Waals surface area (Å²) >= 11 is 0. The van der Waals surface area contributed by atoms with E-state index in [4.69, 9.17) is 5.26 Å². The van der Waals surface area contributed by atoms with E-state index in [9.17, 15) is 13.5 Å². The van der Waals surface area contributed by atoms with Crippen molar-refractivity contribution in [2.45, 2.75) is 31.1 Å². The maximum absolute atomic E-state index is 11.9. The second-order valence-corrected chi connectivity index (χ2v) is 6.96. The van der Waals surface area contributed by atoms with Crippen molar-refractivity contribution in [3.8, 4) is 6.07 Å². The molecule has 1 saturated carbocycles. The van der Waals surface area contributed by atoms with Crippen LogP contribution in [0.1, 0.15) is 19.8 Å². The maximum Gasteiger partial charge on any atom is 0.230 e. The summed E-state index contributed by atoms with van der Waals surface area (Å²) in [6, 6.07) is 1.77. The van der Waals surface area contributed by atoms with Gasteiger partial charge in [-0.15, -0.1) is 0 Å². The Morgan fingerprint density at radius 3 is 2.69 bits per heavy atom. The molecule has 5 nitrogen and oxygen atoms in total. The highest BCUT2D eigenvalue weighted by Gasteiger charge is 2.46. The van der Waals surface area contributed by atoms with Gasteiger partial charge in [-0.05, 0) is 25.7 Å². The molecule has 0 aromatic carbocycles. The van der Waals surface area contributed by atoms with Gasteiger partial charge in [-0.2, -0.15) is 5.26 Å². The van der Waals surface area contributed by atoms with Gasteiger partial charge < -0.3 is 5.11 Å². The third kappa shape index (κ3) is 1.73. The lowest BCUT2D eigenvalue weighted by atomic mass is 10.00. The van der Waals surface area contributed by atoms with Crippen LogP contribution in [-0.4, -0.2) is 42.3 Å². The fraction of sp³-hybridized carbons (Fsp3) is 0.900. The summed E-state index contributed by atoms with van der Waals surface area (Å²) in [6.07, 6.45) is 1.29. The van der Waals surface area contributed by atoms with Crippen LogP contribution in [0.5, 0.6) is 0 Å². The molecule has 0 bridgehead atoms. The van der Waals surface area contributed by atoms with Crippen molar-refractivity contribution >= 4 is 10.0 Å². The summed E-state index contributed by atoms with van der Waals surface area (Å²) in [7, 11) is -3.49. The Balaban J connectivity index is 2.13. The predicted octanol–water partition coefficient (Wildman–Crippen LogP) is -0.0690. The van der Waals surface area contributed by atoms with Gasteiger partial charge in [-0.1, -0.05) is 0 Å². The molecule has 2 aliphatic rings. The molecule has 6 heteroatoms. The van der Waals surface area contributed by atoms with Crippen LogP contribution in [0, 0.1) is 23.2 Å². The summed E-state index contributed by atoms with van der Waals surface area (Å²) in [5.74, 6) is 0.344. The van der Waals surface area contributed by atoms with Crippen LogP contribution < -0.4 is 0 Å². The molecule has 1 saturated heterocycles. The highest BCUT2D eigenvalue weighted by atomic mass is 32.2. The Labute approximate surface area is 95.7 Å². The lowest BCUT2D eigenvalue weighted by Gasteiger charge is -2.19. The number of aliphatic hydroxyl groups excluding tert-OH is 1. The molecule has 1 N–H and O–H groups in total. The average Bonchev–Trinajstić information content (AvgIpc) is 2.80. The number of fused-ring (bicyclic) bond motifs is 1. The molecule has 0 spiro atoms. The van der Waals surface area contributed by atoms with E-state index in [1.54, 1.807) is 6.07 Å². The highest BCUT2D eigenvalue weighted by molar-refractivity contribution is 7.89. The molecule has 1 aliphatic carbocycles. The van der Waals surface area contributed by atoms with Crippen LogP contribution in [0.3, 0.4) is 0 Å². The van der Waals surface area contributed by atoms with Crippen molar-refractivity contribution in [1.29, 1.82) is 5.26 Å². The molecule has 0 aromatic rings. The largest absolute Gasteiger partial charge is 0.393 e. The minimum Gasteiger partial charge on any atom is -0.393 e. The monoisotopic (exact) mass is 244 g/mol. The molecule has 0 radical (unpaired) electrons. The summed E-state index contributed by atoms with van der Waals surface area (Å²) in [5, 5.41) is 17.4. The van der Waals surface area contributed by atoms with E-state index in [0.29, 0.717) is 13.1 Å². The van der Waals surface area contributed by atoms with E-state index in [1.807, 2.05) is 0 Å². The van der Waals surface area contributed by atoms with Gasteiger partial charge in [0.25, 0.3) is 0 Å². The molecule has 0 amide bonds. The number of rotatable bonds is 2. The van der Waals surface area contributed by atoms with E-state index in [0.717, 1.165) is 12.8 Å². The van der Waals surface area contributed by atoms with Crippen LogP contribution in [0.25, 0.3) is 0 Å². The Morgan fingerprint density at radius 2 is 2.12 bits per heavy atom. The van der Waals surface area contributed by atoms with E-state index in [-0.39, 0.29) is 17.9 Å². The van der Waals surface area contributed by atoms with Gasteiger partial charge in [0.15, 0.2) is 5.25 Å². The smallest absolute Gasteiger partial charge is 0.230 e. The molecule has 1 heterocycles. The zero-order valence-electron chi connectivity index (χ0n) is 9.20. The van der Waals surface area contributed by atoms with Crippen molar-refractivity contribution < 1.29 is 13.5 Å². The zero-order valence-corrected chi connectivity index (χ0v) is 10.0. The third-order valence-corrected chi connectivity index (χ3v) is 5.79. The predicted molar refractivity (Wildman–Crippen MR) is 57.8 cm³/mol. The Bertz CT molecular complexity index is 414. The molecule has 0 aromatic heterocycles. The minimum absolute atomic E-state index is 0.0701. The van der Waals surface area contributed by atoms with Gasteiger partial charge in [0, 0.05) is 19.0 Å². The lowest BCUT2D eigenvalue weighted by Crippen LogP contribution is -2.36. The maximum atomic E-state index is 11.9. The quantitative estimate of drug-likeness (QED) is 0.737. The molecule has 4 unspecified atom stereocenters. The van der Waals surface area contributed by atoms with Crippen molar-refractivity contribution in [2.24, 2.45) is 11.8 Å². The Morgan fingerprint density at radius 1 is 1.44 bits per heavy atom. The fourth-order valence-corrected chi connectivity index (χ4v) is 4.05. The first-order valence-corrected chi connectivity index (χ1v) is 7.03. The number of sulfonamides is 1. The summed E-state index contributed by atoms with van der Waals surface area (Å²) in [4.78, 5) is 0. The standard InChI is InChI=1S/C10H16N2O3S/c1-7(4-11)16(14,15)12-5-8-2-3-10(13)9(8)6-12/h7-10,13H,2-3,5-6H2,1H3. The van der Waals surface area contributed by atoms with Gasteiger partial charge in [0.2, 0.25) is 10.0 Å². The van der Waals surface area contributed by atoms with Crippen LogP contribution >= 0.6 is 0 Å². The first-order valence-electron chi connectivity index (χ1n) is 5.53. The number of hydrogen-bond acceptors (Lipinski definition) is 4. The van der Waals surface area contributed by atoms with Gasteiger partial charge >= 0.3 is 0 Å². The molecule has 4 atom stereocenters. The highest BCUT2D eigenvalue weighted by Crippen LogP contribution is 2.39. The van der Waals surface area contributed by atoms with Gasteiger partial charge in [0.1, 0.15) is 0 Å². The Hall–Kier alpha value is -0.640. The summed E-state index contributed by atoms with van der Waals surface area (Å²) in [6.45, 7) is 2.25. The van der Waals surface area contributed by atoms with E-state index >= 15 is 0 Å². The number of aliphatic hydroxyl groups is 1. The molecule has 2 fully saturated rings. The van der Waals surface area contributed by atoms with Crippen LogP contribution in [0.4, 0.5) is 0 Å². The molecular formula is C10H16N2O3S. The zero-order chi connectivity index (χ0) is 11.9. The van der Waals surface area contributed by atoms with Crippen molar-refractivity contribution in [3.63, 3.8) is 0 Å². The first-order chi connectivity index (χ1) is 7.46. The van der Waals surface area contributed by atoms with Crippen molar-refractivity contribution in [3.05, 3.63) is 0 Å². The topological polar surface area (TPSA) is 81.4 Å². The summed E-state index contributed by atoms with van der Waals surface area (Å²) in [5.41, 5.74) is 0. The van der Waals surface area contributed by atoms with Gasteiger partial charge in [-0.3, -0.25) is 0 Å². The third-order valence-electron chi connectivity index (χ3n) is 3.77. The first kappa shape index (κ1) is 11.8. The molecule has 1 aliphatic heterocycles. The Kier molecular flexibility index (Phi) is 2.95. The number of nitriles is 1. The normalized spacial score (nSPS) is 36.9. The number of hydrogen-bond donors (Lipinski definition) is 1. The van der Waals surface area contributed by atoms with Crippen molar-refractivity contribution in [2.75, 3.05) is 13.1 Å². The second-order valence-electron chi connectivity index (χ2n) is 4.70. The number of nitrogens with zero attached hydrogens (tertiary/aromatic N) is 2. The minimum atomic E-state index is -3.49.